The molecule has 2 N–H and O–H groups in total. The molecule has 2 atom stereocenters. The molecule has 6 nitrogen and oxygen atoms in total. The van der Waals surface area contributed by atoms with Crippen LogP contribution < -0.4 is 5.73 Å². The number of hydrogen-bond acceptors (Lipinski definition) is 5. The zero-order chi connectivity index (χ0) is 18.9. The quantitative estimate of drug-likeness (QED) is 0.819. The Labute approximate surface area is 151 Å². The number of ether oxygens (including phenoxy) is 1. The van der Waals surface area contributed by atoms with Crippen LogP contribution in [0.15, 0.2) is 53.4 Å². The summed E-state index contributed by atoms with van der Waals surface area (Å²) in [5, 5.41) is 0. The van der Waals surface area contributed by atoms with E-state index in [1.54, 1.807) is 0 Å². The summed E-state index contributed by atoms with van der Waals surface area (Å²) in [5.41, 5.74) is 6.94. The monoisotopic (exact) mass is 378 g/mol. The number of carbonyl (C=O) groups excluding carboxylic acids is 1. The Bertz CT molecular complexity index is 918. The lowest BCUT2D eigenvalue weighted by atomic mass is 9.95. The molecule has 138 valence electrons. The minimum atomic E-state index is -3.99. The van der Waals surface area contributed by atoms with Gasteiger partial charge in [0.25, 0.3) is 0 Å². The Morgan fingerprint density at radius 2 is 1.88 bits per heavy atom. The van der Waals surface area contributed by atoms with E-state index in [-0.39, 0.29) is 35.5 Å². The Morgan fingerprint density at radius 1 is 1.19 bits per heavy atom. The van der Waals surface area contributed by atoms with Crippen LogP contribution in [0.5, 0.6) is 0 Å². The molecule has 3 rings (SSSR count). The molecule has 1 heterocycles. The smallest absolute Gasteiger partial charge is 0.337 e. The molecule has 26 heavy (non-hydrogen) atoms. The number of sulfonamides is 1. The van der Waals surface area contributed by atoms with Crippen LogP contribution in [0, 0.1) is 5.82 Å². The second-order valence-electron chi connectivity index (χ2n) is 6.17. The molecule has 0 amide bonds. The van der Waals surface area contributed by atoms with Crippen LogP contribution in [0.4, 0.5) is 4.39 Å². The van der Waals surface area contributed by atoms with Gasteiger partial charge in [0, 0.05) is 25.0 Å². The van der Waals surface area contributed by atoms with Crippen molar-refractivity contribution in [3.05, 3.63) is 65.5 Å². The third kappa shape index (κ3) is 3.48. The molecule has 2 aromatic rings. The van der Waals surface area contributed by atoms with Crippen molar-refractivity contribution in [2.45, 2.75) is 16.9 Å². The fourth-order valence-corrected chi connectivity index (χ4v) is 4.70. The van der Waals surface area contributed by atoms with E-state index in [1.807, 2.05) is 30.3 Å². The van der Waals surface area contributed by atoms with Crippen LogP contribution in [0.1, 0.15) is 21.8 Å². The van der Waals surface area contributed by atoms with E-state index in [4.69, 9.17) is 5.73 Å². The van der Waals surface area contributed by atoms with E-state index in [1.165, 1.54) is 4.31 Å². The van der Waals surface area contributed by atoms with E-state index < -0.39 is 21.8 Å². The van der Waals surface area contributed by atoms with Crippen molar-refractivity contribution >= 4 is 16.0 Å². The van der Waals surface area contributed by atoms with Gasteiger partial charge in [0.15, 0.2) is 0 Å². The van der Waals surface area contributed by atoms with Crippen molar-refractivity contribution < 1.29 is 22.3 Å². The van der Waals surface area contributed by atoms with Gasteiger partial charge in [-0.15, -0.1) is 0 Å². The second-order valence-corrected chi connectivity index (χ2v) is 8.11. The molecule has 0 aliphatic carbocycles. The summed E-state index contributed by atoms with van der Waals surface area (Å²) >= 11 is 0. The van der Waals surface area contributed by atoms with E-state index in [0.29, 0.717) is 0 Å². The number of rotatable bonds is 4. The van der Waals surface area contributed by atoms with E-state index in [2.05, 4.69) is 4.74 Å². The average Bonchev–Trinajstić information content (AvgIpc) is 3.03. The molecule has 1 aliphatic rings. The number of esters is 1. The van der Waals surface area contributed by atoms with Crippen LogP contribution in [0.3, 0.4) is 0 Å². The molecular formula is C18H19FN2O4S. The fourth-order valence-electron chi connectivity index (χ4n) is 3.14. The molecular weight excluding hydrogens is 359 g/mol. The van der Waals surface area contributed by atoms with Gasteiger partial charge >= 0.3 is 5.97 Å². The van der Waals surface area contributed by atoms with E-state index in [0.717, 1.165) is 30.9 Å². The van der Waals surface area contributed by atoms with Gasteiger partial charge in [0.1, 0.15) is 5.82 Å². The lowest BCUT2D eigenvalue weighted by molar-refractivity contribution is 0.0600. The molecule has 0 aromatic heterocycles. The summed E-state index contributed by atoms with van der Waals surface area (Å²) in [7, 11) is -2.85. The van der Waals surface area contributed by atoms with Gasteiger partial charge in [-0.05, 0) is 23.8 Å². The molecule has 8 heteroatoms. The lowest BCUT2D eigenvalue weighted by Crippen LogP contribution is -2.32. The van der Waals surface area contributed by atoms with Crippen molar-refractivity contribution in [2.75, 3.05) is 20.2 Å². The molecule has 1 aliphatic heterocycles. The van der Waals surface area contributed by atoms with Crippen molar-refractivity contribution in [1.82, 2.24) is 4.31 Å². The summed E-state index contributed by atoms with van der Waals surface area (Å²) in [4.78, 5) is 11.3. The first-order valence-electron chi connectivity index (χ1n) is 8.02. The zero-order valence-corrected chi connectivity index (χ0v) is 14.9. The van der Waals surface area contributed by atoms with Gasteiger partial charge in [-0.1, -0.05) is 30.3 Å². The number of nitrogens with zero attached hydrogens (tertiary/aromatic N) is 1. The maximum atomic E-state index is 13.8. The van der Waals surface area contributed by atoms with Gasteiger partial charge in [0.2, 0.25) is 10.0 Å². The Morgan fingerprint density at radius 3 is 2.54 bits per heavy atom. The Kier molecular flexibility index (Phi) is 5.08. The molecule has 0 radical (unpaired) electrons. The third-order valence-electron chi connectivity index (χ3n) is 4.49. The van der Waals surface area contributed by atoms with Crippen molar-refractivity contribution in [2.24, 2.45) is 5.73 Å². The molecule has 1 fully saturated rings. The van der Waals surface area contributed by atoms with Crippen molar-refractivity contribution in [1.29, 1.82) is 0 Å². The van der Waals surface area contributed by atoms with Crippen molar-refractivity contribution in [3.63, 3.8) is 0 Å². The highest BCUT2D eigenvalue weighted by atomic mass is 32.2. The summed E-state index contributed by atoms with van der Waals surface area (Å²) in [5.74, 6) is -1.78. The van der Waals surface area contributed by atoms with Crippen molar-refractivity contribution in [3.8, 4) is 0 Å². The molecule has 0 bridgehead atoms. The van der Waals surface area contributed by atoms with Crippen LogP contribution in [0.25, 0.3) is 0 Å². The SMILES string of the molecule is COC(=O)c1cc(F)cc(S(=O)(=O)N2C[C@@H](N)[C@H](c3ccccc3)C2)c1. The molecule has 0 spiro atoms. The van der Waals surface area contributed by atoms with Gasteiger partial charge in [-0.2, -0.15) is 4.31 Å². The number of hydrogen-bond donors (Lipinski definition) is 1. The summed E-state index contributed by atoms with van der Waals surface area (Å²) < 4.78 is 45.5. The number of nitrogens with two attached hydrogens (primary N) is 1. The third-order valence-corrected chi connectivity index (χ3v) is 6.30. The highest BCUT2D eigenvalue weighted by molar-refractivity contribution is 7.89. The zero-order valence-electron chi connectivity index (χ0n) is 14.1. The summed E-state index contributed by atoms with van der Waals surface area (Å²) in [6.07, 6.45) is 0. The topological polar surface area (TPSA) is 89.7 Å². The Balaban J connectivity index is 1.92. The predicted octanol–water partition coefficient (Wildman–Crippen LogP) is 1.73. The van der Waals surface area contributed by atoms with Gasteiger partial charge in [-0.25, -0.2) is 17.6 Å². The first-order valence-corrected chi connectivity index (χ1v) is 9.46. The Hall–Kier alpha value is -2.29. The summed E-state index contributed by atoms with van der Waals surface area (Å²) in [6.45, 7) is 0.309. The number of methoxy groups -OCH3 is 1. The van der Waals surface area contributed by atoms with Crippen LogP contribution in [-0.2, 0) is 14.8 Å². The highest BCUT2D eigenvalue weighted by Crippen LogP contribution is 2.31. The van der Waals surface area contributed by atoms with E-state index >= 15 is 0 Å². The lowest BCUT2D eigenvalue weighted by Gasteiger charge is -2.17. The molecule has 2 aromatic carbocycles. The largest absolute Gasteiger partial charge is 0.465 e. The standard InChI is InChI=1S/C18H19FN2O4S/c1-25-18(22)13-7-14(19)9-15(8-13)26(23,24)21-10-16(17(20)11-21)12-5-3-2-4-6-12/h2-9,16-17H,10-11,20H2,1H3/t16-,17+/m0/s1. The summed E-state index contributed by atoms with van der Waals surface area (Å²) in [6, 6.07) is 12.0. The van der Waals surface area contributed by atoms with Gasteiger partial charge in [0.05, 0.1) is 17.6 Å². The highest BCUT2D eigenvalue weighted by Gasteiger charge is 2.38. The van der Waals surface area contributed by atoms with E-state index in [9.17, 15) is 17.6 Å². The normalized spacial score (nSPS) is 20.9. The predicted molar refractivity (Wildman–Crippen MR) is 93.7 cm³/mol. The molecule has 0 unspecified atom stereocenters. The first-order chi connectivity index (χ1) is 12.3. The minimum absolute atomic E-state index is 0.117. The van der Waals surface area contributed by atoms with Gasteiger partial charge in [-0.3, -0.25) is 0 Å². The molecule has 0 saturated carbocycles. The maximum absolute atomic E-state index is 13.8. The van der Waals surface area contributed by atoms with Gasteiger partial charge < -0.3 is 10.5 Å². The average molecular weight is 378 g/mol. The second kappa shape index (κ2) is 7.14. The minimum Gasteiger partial charge on any atom is -0.465 e. The van der Waals surface area contributed by atoms with Crippen LogP contribution >= 0.6 is 0 Å². The number of carbonyl (C=O) groups is 1. The number of benzene rings is 2. The first kappa shape index (κ1) is 18.5. The fraction of sp³-hybridized carbons (Fsp3) is 0.278. The molecule has 1 saturated heterocycles. The number of halogens is 1. The maximum Gasteiger partial charge on any atom is 0.337 e. The van der Waals surface area contributed by atoms with Crippen LogP contribution in [-0.4, -0.2) is 44.9 Å². The van der Waals surface area contributed by atoms with Crippen LogP contribution in [0.2, 0.25) is 0 Å².